The van der Waals surface area contributed by atoms with E-state index in [0.717, 1.165) is 37.0 Å². The minimum absolute atomic E-state index is 0.00364. The standard InChI is InChI=1S/C32H32N8O3/c1-37-11-8-19(9-12-37)17-38(2)32(43)24-18-40-21(14-33)13-23-22(7-6-20(15-34-24)29(23)40)27-28(31(42)36-30(27)41)25-16-35-26-5-3-4-10-39(25)26/h3-7,10,13,16,19,24,34H,8-9,11-12,15,17-18H2,1-2H3,(H,36,41,42). The number of amides is 3. The van der Waals surface area contributed by atoms with Crippen molar-refractivity contribution in [3.63, 3.8) is 0 Å². The van der Waals surface area contributed by atoms with Gasteiger partial charge in [0.1, 0.15) is 23.5 Å². The first-order valence-electron chi connectivity index (χ1n) is 14.6. The van der Waals surface area contributed by atoms with E-state index in [-0.39, 0.29) is 23.6 Å². The van der Waals surface area contributed by atoms with Gasteiger partial charge in [0.25, 0.3) is 11.8 Å². The van der Waals surface area contributed by atoms with Gasteiger partial charge in [-0.1, -0.05) is 18.2 Å². The quantitative estimate of drug-likeness (QED) is 0.348. The number of likely N-dealkylation sites (tertiary alicyclic amines) is 1. The van der Waals surface area contributed by atoms with Gasteiger partial charge in [0.05, 0.1) is 28.6 Å². The van der Waals surface area contributed by atoms with Crippen molar-refractivity contribution in [1.29, 1.82) is 5.26 Å². The van der Waals surface area contributed by atoms with Gasteiger partial charge in [-0.05, 0) is 68.2 Å². The van der Waals surface area contributed by atoms with Crippen LogP contribution in [0.2, 0.25) is 0 Å². The molecule has 43 heavy (non-hydrogen) atoms. The van der Waals surface area contributed by atoms with Crippen LogP contribution in [0, 0.1) is 17.2 Å². The third kappa shape index (κ3) is 4.50. The van der Waals surface area contributed by atoms with Crippen LogP contribution in [0.4, 0.5) is 0 Å². The van der Waals surface area contributed by atoms with Gasteiger partial charge in [0.2, 0.25) is 5.91 Å². The molecule has 2 N–H and O–H groups in total. The smallest absolute Gasteiger partial charge is 0.261 e. The first-order valence-corrected chi connectivity index (χ1v) is 14.6. The average Bonchev–Trinajstić information content (AvgIpc) is 3.63. The number of fused-ring (bicyclic) bond motifs is 1. The van der Waals surface area contributed by atoms with Crippen molar-refractivity contribution >= 4 is 45.4 Å². The van der Waals surface area contributed by atoms with E-state index >= 15 is 0 Å². The van der Waals surface area contributed by atoms with Gasteiger partial charge < -0.3 is 19.7 Å². The number of rotatable bonds is 5. The number of piperidine rings is 1. The highest BCUT2D eigenvalue weighted by molar-refractivity contribution is 6.49. The lowest BCUT2D eigenvalue weighted by Gasteiger charge is -2.33. The number of imidazole rings is 1. The fourth-order valence-corrected chi connectivity index (χ4v) is 6.80. The van der Waals surface area contributed by atoms with Crippen molar-refractivity contribution in [2.75, 3.05) is 33.7 Å². The Balaban J connectivity index is 1.28. The molecule has 1 unspecified atom stereocenters. The fourth-order valence-electron chi connectivity index (χ4n) is 6.80. The van der Waals surface area contributed by atoms with E-state index in [1.54, 1.807) is 22.9 Å². The lowest BCUT2D eigenvalue weighted by Crippen LogP contribution is -2.48. The summed E-state index contributed by atoms with van der Waals surface area (Å²) in [5, 5.41) is 16.7. The Bertz CT molecular complexity index is 1890. The van der Waals surface area contributed by atoms with Crippen LogP contribution in [0.5, 0.6) is 0 Å². The van der Waals surface area contributed by atoms with Crippen LogP contribution in [0.15, 0.2) is 48.8 Å². The number of carbonyl (C=O) groups is 3. The fraction of sp³-hybridized carbons (Fsp3) is 0.344. The number of nitrogens with zero attached hydrogens (tertiary/aromatic N) is 6. The summed E-state index contributed by atoms with van der Waals surface area (Å²) in [5.74, 6) is -0.523. The monoisotopic (exact) mass is 576 g/mol. The summed E-state index contributed by atoms with van der Waals surface area (Å²) in [4.78, 5) is 48.7. The number of nitriles is 1. The van der Waals surface area contributed by atoms with Crippen LogP contribution in [0.1, 0.15) is 35.4 Å². The lowest BCUT2D eigenvalue weighted by molar-refractivity contribution is -0.133. The molecule has 1 aromatic carbocycles. The third-order valence-corrected chi connectivity index (χ3v) is 9.08. The molecule has 0 aliphatic carbocycles. The van der Waals surface area contributed by atoms with Crippen molar-refractivity contribution in [2.24, 2.45) is 5.92 Å². The molecule has 1 atom stereocenters. The predicted octanol–water partition coefficient (Wildman–Crippen LogP) is 2.00. The zero-order valence-corrected chi connectivity index (χ0v) is 24.1. The van der Waals surface area contributed by atoms with Gasteiger partial charge in [0, 0.05) is 38.3 Å². The zero-order valence-electron chi connectivity index (χ0n) is 24.1. The van der Waals surface area contributed by atoms with Crippen molar-refractivity contribution in [3.8, 4) is 6.07 Å². The molecule has 3 amide bonds. The first-order chi connectivity index (χ1) is 20.8. The molecule has 3 aliphatic heterocycles. The summed E-state index contributed by atoms with van der Waals surface area (Å²) >= 11 is 0. The Morgan fingerprint density at radius 2 is 1.93 bits per heavy atom. The average molecular weight is 577 g/mol. The van der Waals surface area contributed by atoms with Crippen molar-refractivity contribution in [2.45, 2.75) is 32.0 Å². The largest absolute Gasteiger partial charge is 0.344 e. The molecule has 3 aliphatic rings. The Labute approximate surface area is 248 Å². The molecule has 0 radical (unpaired) electrons. The van der Waals surface area contributed by atoms with E-state index in [4.69, 9.17) is 0 Å². The molecule has 1 saturated heterocycles. The van der Waals surface area contributed by atoms with Crippen molar-refractivity contribution < 1.29 is 14.4 Å². The molecule has 7 rings (SSSR count). The predicted molar refractivity (Wildman–Crippen MR) is 160 cm³/mol. The Morgan fingerprint density at radius 1 is 1.14 bits per heavy atom. The van der Waals surface area contributed by atoms with Crippen LogP contribution < -0.4 is 10.6 Å². The van der Waals surface area contributed by atoms with E-state index in [1.807, 2.05) is 46.8 Å². The number of pyridine rings is 1. The highest BCUT2D eigenvalue weighted by atomic mass is 16.2. The Morgan fingerprint density at radius 3 is 2.72 bits per heavy atom. The van der Waals surface area contributed by atoms with Crippen molar-refractivity contribution in [3.05, 3.63) is 71.3 Å². The molecule has 3 aromatic heterocycles. The summed E-state index contributed by atoms with van der Waals surface area (Å²) in [6.07, 6.45) is 5.54. The van der Waals surface area contributed by atoms with E-state index < -0.39 is 17.9 Å². The van der Waals surface area contributed by atoms with Crippen LogP contribution in [-0.2, 0) is 27.5 Å². The maximum Gasteiger partial charge on any atom is 0.261 e. The number of aromatic nitrogens is 3. The first kappa shape index (κ1) is 27.1. The number of carbonyl (C=O) groups excluding carboxylic acids is 3. The second-order valence-corrected chi connectivity index (χ2v) is 11.8. The van der Waals surface area contributed by atoms with Crippen LogP contribution in [-0.4, -0.2) is 81.2 Å². The third-order valence-electron chi connectivity index (χ3n) is 9.08. The van der Waals surface area contributed by atoms with E-state index in [1.165, 1.54) is 0 Å². The number of benzene rings is 1. The molecule has 0 spiro atoms. The molecule has 11 heteroatoms. The molecule has 0 saturated carbocycles. The number of nitrogens with one attached hydrogen (secondary N) is 2. The maximum atomic E-state index is 13.7. The van der Waals surface area contributed by atoms with Gasteiger partial charge in [-0.15, -0.1) is 0 Å². The lowest BCUT2D eigenvalue weighted by atomic mass is 9.95. The molecule has 218 valence electrons. The number of hydrogen-bond donors (Lipinski definition) is 2. The molecule has 0 bridgehead atoms. The van der Waals surface area contributed by atoms with Gasteiger partial charge in [-0.3, -0.25) is 24.1 Å². The second-order valence-electron chi connectivity index (χ2n) is 11.8. The van der Waals surface area contributed by atoms with Crippen LogP contribution in [0.25, 0.3) is 27.7 Å². The minimum atomic E-state index is -0.515. The maximum absolute atomic E-state index is 13.7. The van der Waals surface area contributed by atoms with Gasteiger partial charge >= 0.3 is 0 Å². The van der Waals surface area contributed by atoms with Crippen molar-refractivity contribution in [1.82, 2.24) is 34.4 Å². The van der Waals surface area contributed by atoms with E-state index in [0.29, 0.717) is 47.0 Å². The van der Waals surface area contributed by atoms with Crippen LogP contribution >= 0.6 is 0 Å². The summed E-state index contributed by atoms with van der Waals surface area (Å²) in [6.45, 7) is 3.49. The molecule has 11 nitrogen and oxygen atoms in total. The number of likely N-dealkylation sites (N-methyl/N-ethyl adjacent to an activating group) is 1. The summed E-state index contributed by atoms with van der Waals surface area (Å²) in [6, 6.07) is 12.8. The molecular formula is C32H32N8O3. The number of hydrogen-bond acceptors (Lipinski definition) is 7. The van der Waals surface area contributed by atoms with E-state index in [9.17, 15) is 19.6 Å². The van der Waals surface area contributed by atoms with Crippen LogP contribution in [0.3, 0.4) is 0 Å². The highest BCUT2D eigenvalue weighted by Crippen LogP contribution is 2.38. The molecule has 1 fully saturated rings. The summed E-state index contributed by atoms with van der Waals surface area (Å²) in [7, 11) is 3.99. The molecular weight excluding hydrogens is 544 g/mol. The highest BCUT2D eigenvalue weighted by Gasteiger charge is 2.36. The Hall–Kier alpha value is -4.79. The summed E-state index contributed by atoms with van der Waals surface area (Å²) < 4.78 is 3.66. The van der Waals surface area contributed by atoms with E-state index in [2.05, 4.69) is 33.6 Å². The SMILES string of the molecule is CN1CCC(CN(C)C(=O)C2Cn3c(C#N)cc4c(C5=C(c6cnc7ccccn67)C(=O)NC5=O)ccc(c43)CN2)CC1. The zero-order chi connectivity index (χ0) is 29.8. The molecule has 4 aromatic rings. The second kappa shape index (κ2) is 10.5. The van der Waals surface area contributed by atoms with Gasteiger partial charge in [-0.25, -0.2) is 4.98 Å². The number of imide groups is 1. The summed E-state index contributed by atoms with van der Waals surface area (Å²) in [5.41, 5.74) is 4.29. The normalized spacial score (nSPS) is 19.6. The van der Waals surface area contributed by atoms with Gasteiger partial charge in [0.15, 0.2) is 0 Å². The van der Waals surface area contributed by atoms with Gasteiger partial charge in [-0.2, -0.15) is 5.26 Å². The minimum Gasteiger partial charge on any atom is -0.344 e. The Kier molecular flexibility index (Phi) is 6.60. The molecule has 6 heterocycles. The topological polar surface area (TPSA) is 128 Å².